The molecule has 1 aromatic heterocycles. The van der Waals surface area contributed by atoms with E-state index in [0.29, 0.717) is 0 Å². The summed E-state index contributed by atoms with van der Waals surface area (Å²) in [6.45, 7) is 5.66. The van der Waals surface area contributed by atoms with Gasteiger partial charge in [-0.15, -0.1) is 0 Å². The van der Waals surface area contributed by atoms with E-state index in [4.69, 9.17) is 11.6 Å². The monoisotopic (exact) mass is 353 g/mol. The predicted octanol–water partition coefficient (Wildman–Crippen LogP) is 4.12. The van der Waals surface area contributed by atoms with Crippen molar-refractivity contribution < 1.29 is 0 Å². The highest BCUT2D eigenvalue weighted by Gasteiger charge is 2.17. The van der Waals surface area contributed by atoms with Gasteiger partial charge in [0.15, 0.2) is 0 Å². The summed E-state index contributed by atoms with van der Waals surface area (Å²) in [5.74, 6) is 0. The molecule has 1 aliphatic heterocycles. The second kappa shape index (κ2) is 7.61. The molecule has 4 rings (SSSR count). The summed E-state index contributed by atoms with van der Waals surface area (Å²) in [4.78, 5) is 2.54. The van der Waals surface area contributed by atoms with Crippen LogP contribution in [0, 0.1) is 0 Å². The number of hydrogen-bond acceptors (Lipinski definition) is 2. The minimum Gasteiger partial charge on any atom is -0.314 e. The number of benzene rings is 2. The van der Waals surface area contributed by atoms with Crippen molar-refractivity contribution >= 4 is 22.5 Å². The average Bonchev–Trinajstić information content (AvgIpc) is 2.95. The van der Waals surface area contributed by atoms with Gasteiger partial charge in [0.1, 0.15) is 5.15 Å². The Morgan fingerprint density at radius 1 is 0.920 bits per heavy atom. The van der Waals surface area contributed by atoms with Crippen molar-refractivity contribution in [3.05, 3.63) is 65.3 Å². The van der Waals surface area contributed by atoms with Gasteiger partial charge in [0.2, 0.25) is 0 Å². The average molecular weight is 354 g/mol. The Bertz CT molecular complexity index is 835. The molecule has 0 amide bonds. The molecule has 0 radical (unpaired) electrons. The quantitative estimate of drug-likeness (QED) is 0.744. The number of halogens is 1. The first-order valence-corrected chi connectivity index (χ1v) is 9.49. The van der Waals surface area contributed by atoms with Crippen LogP contribution in [0.4, 0.5) is 0 Å². The molecule has 0 aliphatic carbocycles. The van der Waals surface area contributed by atoms with Gasteiger partial charge in [0.05, 0.1) is 5.52 Å². The van der Waals surface area contributed by atoms with Gasteiger partial charge in [0.25, 0.3) is 0 Å². The van der Waals surface area contributed by atoms with E-state index in [1.54, 1.807) is 0 Å². The van der Waals surface area contributed by atoms with Crippen LogP contribution in [-0.4, -0.2) is 42.2 Å². The molecule has 130 valence electrons. The first-order chi connectivity index (χ1) is 12.3. The van der Waals surface area contributed by atoms with Gasteiger partial charge in [-0.25, -0.2) is 0 Å². The Balaban J connectivity index is 1.61. The van der Waals surface area contributed by atoms with E-state index in [2.05, 4.69) is 63.3 Å². The van der Waals surface area contributed by atoms with Crippen LogP contribution < -0.4 is 5.32 Å². The van der Waals surface area contributed by atoms with Gasteiger partial charge in [-0.2, -0.15) is 0 Å². The molecule has 0 unspecified atom stereocenters. The minimum absolute atomic E-state index is 0.854. The third-order valence-corrected chi connectivity index (χ3v) is 5.44. The zero-order valence-electron chi connectivity index (χ0n) is 14.4. The molecule has 1 fully saturated rings. The van der Waals surface area contributed by atoms with Crippen molar-refractivity contribution in [2.24, 2.45) is 0 Å². The lowest BCUT2D eigenvalue weighted by Crippen LogP contribution is -2.43. The molecule has 3 aromatic rings. The number of aryl methyl sites for hydroxylation is 1. The highest BCUT2D eigenvalue weighted by atomic mass is 35.5. The van der Waals surface area contributed by atoms with E-state index >= 15 is 0 Å². The normalized spacial score (nSPS) is 15.7. The van der Waals surface area contributed by atoms with E-state index in [1.165, 1.54) is 16.5 Å². The molecule has 2 aromatic carbocycles. The molecule has 0 spiro atoms. The van der Waals surface area contributed by atoms with Crippen molar-refractivity contribution in [2.45, 2.75) is 12.8 Å². The van der Waals surface area contributed by atoms with Gasteiger partial charge in [-0.1, -0.05) is 48.0 Å². The number of hydrogen-bond donors (Lipinski definition) is 1. The highest BCUT2D eigenvalue weighted by molar-refractivity contribution is 6.32. The molecule has 0 saturated carbocycles. The Morgan fingerprint density at radius 3 is 2.44 bits per heavy atom. The van der Waals surface area contributed by atoms with Gasteiger partial charge in [-0.05, 0) is 43.1 Å². The van der Waals surface area contributed by atoms with Crippen LogP contribution >= 0.6 is 11.6 Å². The van der Waals surface area contributed by atoms with Crippen LogP contribution in [0.25, 0.3) is 16.6 Å². The summed E-state index contributed by atoms with van der Waals surface area (Å²) in [5, 5.41) is 5.54. The van der Waals surface area contributed by atoms with Gasteiger partial charge in [0, 0.05) is 37.3 Å². The third kappa shape index (κ3) is 3.45. The Morgan fingerprint density at radius 2 is 1.64 bits per heavy atom. The molecule has 1 aliphatic rings. The summed E-state index contributed by atoms with van der Waals surface area (Å²) >= 11 is 6.85. The lowest BCUT2D eigenvalue weighted by molar-refractivity contribution is 0.238. The van der Waals surface area contributed by atoms with Crippen molar-refractivity contribution in [1.82, 2.24) is 14.8 Å². The van der Waals surface area contributed by atoms with Crippen LogP contribution in [-0.2, 0) is 6.42 Å². The molecule has 1 saturated heterocycles. The minimum atomic E-state index is 0.854. The maximum atomic E-state index is 6.85. The van der Waals surface area contributed by atoms with Crippen LogP contribution in [0.1, 0.15) is 12.0 Å². The van der Waals surface area contributed by atoms with Crippen LogP contribution in [0.5, 0.6) is 0 Å². The Labute approximate surface area is 154 Å². The topological polar surface area (TPSA) is 20.2 Å². The number of nitrogens with zero attached hydrogens (tertiary/aromatic N) is 2. The zero-order valence-corrected chi connectivity index (χ0v) is 15.2. The maximum absolute atomic E-state index is 6.85. The SMILES string of the molecule is Clc1c(CCCN2CCNCC2)c2ccccc2n1-c1ccccc1. The molecular formula is C21H24ClN3. The van der Waals surface area contributed by atoms with Crippen LogP contribution in [0.15, 0.2) is 54.6 Å². The zero-order chi connectivity index (χ0) is 17.1. The molecule has 2 heterocycles. The number of aromatic nitrogens is 1. The molecular weight excluding hydrogens is 330 g/mol. The van der Waals surface area contributed by atoms with Crippen molar-refractivity contribution in [1.29, 1.82) is 0 Å². The van der Waals surface area contributed by atoms with Gasteiger partial charge < -0.3 is 10.2 Å². The molecule has 4 heteroatoms. The van der Waals surface area contributed by atoms with Crippen molar-refractivity contribution in [2.75, 3.05) is 32.7 Å². The largest absolute Gasteiger partial charge is 0.314 e. The summed E-state index contributed by atoms with van der Waals surface area (Å²) in [7, 11) is 0. The number of nitrogens with one attached hydrogen (secondary N) is 1. The number of para-hydroxylation sites is 2. The maximum Gasteiger partial charge on any atom is 0.117 e. The second-order valence-electron chi connectivity index (χ2n) is 6.65. The Hall–Kier alpha value is -1.81. The summed E-state index contributed by atoms with van der Waals surface area (Å²) in [5.41, 5.74) is 3.59. The van der Waals surface area contributed by atoms with Crippen LogP contribution in [0.2, 0.25) is 5.15 Å². The fourth-order valence-electron chi connectivity index (χ4n) is 3.76. The first kappa shape index (κ1) is 16.6. The van der Waals surface area contributed by atoms with Crippen molar-refractivity contribution in [3.8, 4) is 5.69 Å². The number of piperazine rings is 1. The fourth-order valence-corrected chi connectivity index (χ4v) is 4.14. The van der Waals surface area contributed by atoms with E-state index in [0.717, 1.165) is 56.4 Å². The molecule has 25 heavy (non-hydrogen) atoms. The van der Waals surface area contributed by atoms with E-state index in [1.807, 2.05) is 6.07 Å². The number of rotatable bonds is 5. The summed E-state index contributed by atoms with van der Waals surface area (Å²) in [6, 6.07) is 18.9. The predicted molar refractivity (Wildman–Crippen MR) is 106 cm³/mol. The highest BCUT2D eigenvalue weighted by Crippen LogP contribution is 2.33. The van der Waals surface area contributed by atoms with Crippen LogP contribution in [0.3, 0.4) is 0 Å². The third-order valence-electron chi connectivity index (χ3n) is 5.04. The lowest BCUT2D eigenvalue weighted by Gasteiger charge is -2.27. The fraction of sp³-hybridized carbons (Fsp3) is 0.333. The molecule has 0 bridgehead atoms. The second-order valence-corrected chi connectivity index (χ2v) is 7.01. The van der Waals surface area contributed by atoms with E-state index in [-0.39, 0.29) is 0 Å². The van der Waals surface area contributed by atoms with Gasteiger partial charge in [-0.3, -0.25) is 4.57 Å². The summed E-state index contributed by atoms with van der Waals surface area (Å²) < 4.78 is 2.18. The first-order valence-electron chi connectivity index (χ1n) is 9.11. The smallest absolute Gasteiger partial charge is 0.117 e. The van der Waals surface area contributed by atoms with Gasteiger partial charge >= 0.3 is 0 Å². The van der Waals surface area contributed by atoms with E-state index < -0.39 is 0 Å². The van der Waals surface area contributed by atoms with E-state index in [9.17, 15) is 0 Å². The van der Waals surface area contributed by atoms with Crippen molar-refractivity contribution in [3.63, 3.8) is 0 Å². The Kier molecular flexibility index (Phi) is 5.07. The summed E-state index contributed by atoms with van der Waals surface area (Å²) in [6.07, 6.45) is 2.16. The lowest BCUT2D eigenvalue weighted by atomic mass is 10.1. The molecule has 3 nitrogen and oxygen atoms in total. The standard InChI is InChI=1S/C21H24ClN3/c22-21-19(10-6-14-24-15-12-23-13-16-24)18-9-4-5-11-20(18)25(21)17-7-2-1-3-8-17/h1-5,7-9,11,23H,6,10,12-16H2. The molecule has 0 atom stereocenters. The number of fused-ring (bicyclic) bond motifs is 1. The molecule has 1 N–H and O–H groups in total.